The first kappa shape index (κ1) is 28.0. The predicted molar refractivity (Wildman–Crippen MR) is 167 cm³/mol. The number of para-hydroxylation sites is 1. The van der Waals surface area contributed by atoms with E-state index in [1.807, 2.05) is 85.1 Å². The second kappa shape index (κ2) is 12.0. The minimum atomic E-state index is -0.457. The van der Waals surface area contributed by atoms with Crippen molar-refractivity contribution in [2.24, 2.45) is 5.92 Å². The Morgan fingerprint density at radius 3 is 2.33 bits per heavy atom. The van der Waals surface area contributed by atoms with Crippen LogP contribution >= 0.6 is 11.3 Å². The highest BCUT2D eigenvalue weighted by molar-refractivity contribution is 7.15. The minimum Gasteiger partial charge on any atom is -0.497 e. The highest BCUT2D eigenvalue weighted by Gasteiger charge is 2.15. The Kier molecular flexibility index (Phi) is 7.84. The van der Waals surface area contributed by atoms with E-state index in [1.165, 1.54) is 4.52 Å². The van der Waals surface area contributed by atoms with Gasteiger partial charge >= 0.3 is 0 Å². The highest BCUT2D eigenvalue weighted by atomic mass is 32.1. The van der Waals surface area contributed by atoms with Gasteiger partial charge in [-0.3, -0.25) is 9.59 Å². The maximum absolute atomic E-state index is 13.5. The van der Waals surface area contributed by atoms with Gasteiger partial charge in [0.2, 0.25) is 4.96 Å². The highest BCUT2D eigenvalue weighted by Crippen LogP contribution is 2.27. The third-order valence-corrected chi connectivity index (χ3v) is 7.70. The van der Waals surface area contributed by atoms with E-state index in [9.17, 15) is 9.59 Å². The van der Waals surface area contributed by atoms with Gasteiger partial charge in [-0.05, 0) is 66.1 Å². The van der Waals surface area contributed by atoms with Crippen LogP contribution in [-0.2, 0) is 6.42 Å². The summed E-state index contributed by atoms with van der Waals surface area (Å²) in [4.78, 5) is 30.7. The van der Waals surface area contributed by atoms with Gasteiger partial charge in [0, 0.05) is 23.7 Å². The van der Waals surface area contributed by atoms with Crippen LogP contribution in [0.3, 0.4) is 0 Å². The zero-order valence-electron chi connectivity index (χ0n) is 23.9. The molecule has 0 atom stereocenters. The summed E-state index contributed by atoms with van der Waals surface area (Å²) in [5.74, 6) is 1.92. The largest absolute Gasteiger partial charge is 0.497 e. The molecule has 10 heteroatoms. The molecule has 0 aliphatic rings. The Morgan fingerprint density at radius 2 is 1.63 bits per heavy atom. The molecule has 6 rings (SSSR count). The van der Waals surface area contributed by atoms with Crippen molar-refractivity contribution in [1.29, 1.82) is 0 Å². The van der Waals surface area contributed by atoms with Gasteiger partial charge in [-0.15, -0.1) is 0 Å². The van der Waals surface area contributed by atoms with Crippen LogP contribution in [-0.4, -0.2) is 38.1 Å². The number of benzene rings is 3. The standard InChI is InChI=1S/C33H29N5O4S/c1-21(2)20-42-27-15-11-23(12-16-27)30-24(19-37(36-30)25-7-5-4-6-8-25)18-29-32(40)38-33(43-29)34-31(39)28(35-38)17-22-9-13-26(41-3)14-10-22/h4-16,18-19,21H,17,20H2,1-3H3. The van der Waals surface area contributed by atoms with Crippen LogP contribution < -0.4 is 25.1 Å². The average Bonchev–Trinajstić information content (AvgIpc) is 3.58. The number of fused-ring (bicyclic) bond motifs is 1. The van der Waals surface area contributed by atoms with Crippen LogP contribution in [0.15, 0.2) is 94.6 Å². The Hall–Kier alpha value is -5.09. The Bertz CT molecular complexity index is 2050. The Morgan fingerprint density at radius 1 is 0.907 bits per heavy atom. The predicted octanol–water partition coefficient (Wildman–Crippen LogP) is 4.55. The van der Waals surface area contributed by atoms with E-state index >= 15 is 0 Å². The monoisotopic (exact) mass is 591 g/mol. The maximum atomic E-state index is 13.5. The molecule has 43 heavy (non-hydrogen) atoms. The van der Waals surface area contributed by atoms with Gasteiger partial charge in [0.05, 0.1) is 23.9 Å². The van der Waals surface area contributed by atoms with Crippen LogP contribution in [0.5, 0.6) is 11.5 Å². The molecule has 3 aromatic carbocycles. The molecule has 0 saturated carbocycles. The number of ether oxygens (including phenoxy) is 2. The fourth-order valence-electron chi connectivity index (χ4n) is 4.53. The van der Waals surface area contributed by atoms with Crippen LogP contribution in [0.4, 0.5) is 0 Å². The van der Waals surface area contributed by atoms with E-state index in [1.54, 1.807) is 17.9 Å². The van der Waals surface area contributed by atoms with Crippen LogP contribution in [0.2, 0.25) is 0 Å². The maximum Gasteiger partial charge on any atom is 0.296 e. The molecule has 0 unspecified atom stereocenters. The summed E-state index contributed by atoms with van der Waals surface area (Å²) < 4.78 is 14.4. The average molecular weight is 592 g/mol. The van der Waals surface area contributed by atoms with Crippen molar-refractivity contribution in [3.63, 3.8) is 0 Å². The summed E-state index contributed by atoms with van der Waals surface area (Å²) in [6.07, 6.45) is 3.91. The summed E-state index contributed by atoms with van der Waals surface area (Å²) in [5.41, 5.74) is 3.45. The van der Waals surface area contributed by atoms with Gasteiger partial charge in [-0.1, -0.05) is 55.5 Å². The lowest BCUT2D eigenvalue weighted by Gasteiger charge is -2.09. The number of aromatic nitrogens is 5. The smallest absolute Gasteiger partial charge is 0.296 e. The lowest BCUT2D eigenvalue weighted by Crippen LogP contribution is -2.28. The number of nitrogens with zero attached hydrogens (tertiary/aromatic N) is 5. The first-order valence-electron chi connectivity index (χ1n) is 13.8. The third-order valence-electron chi connectivity index (χ3n) is 6.74. The molecule has 0 amide bonds. The van der Waals surface area contributed by atoms with E-state index in [4.69, 9.17) is 14.6 Å². The van der Waals surface area contributed by atoms with Gasteiger partial charge in [0.25, 0.3) is 11.1 Å². The van der Waals surface area contributed by atoms with Crippen molar-refractivity contribution in [3.8, 4) is 28.4 Å². The topological polar surface area (TPSA) is 101 Å². The minimum absolute atomic E-state index is 0.196. The lowest BCUT2D eigenvalue weighted by molar-refractivity contribution is 0.271. The molecule has 0 radical (unpaired) electrons. The zero-order valence-corrected chi connectivity index (χ0v) is 24.7. The lowest BCUT2D eigenvalue weighted by atomic mass is 10.1. The number of thiazole rings is 1. The van der Waals surface area contributed by atoms with Crippen molar-refractivity contribution in [3.05, 3.63) is 127 Å². The van der Waals surface area contributed by atoms with E-state index in [0.29, 0.717) is 28.5 Å². The fourth-order valence-corrected chi connectivity index (χ4v) is 5.43. The van der Waals surface area contributed by atoms with Crippen molar-refractivity contribution < 1.29 is 9.47 Å². The van der Waals surface area contributed by atoms with Gasteiger partial charge in [0.15, 0.2) is 0 Å². The molecule has 3 heterocycles. The first-order chi connectivity index (χ1) is 20.9. The molecule has 0 saturated heterocycles. The fraction of sp³-hybridized carbons (Fsp3) is 0.182. The molecule has 216 valence electrons. The molecular weight excluding hydrogens is 562 g/mol. The van der Waals surface area contributed by atoms with E-state index in [-0.39, 0.29) is 22.6 Å². The van der Waals surface area contributed by atoms with Crippen molar-refractivity contribution >= 4 is 22.4 Å². The quantitative estimate of drug-likeness (QED) is 0.243. The summed E-state index contributed by atoms with van der Waals surface area (Å²) in [6.45, 7) is 4.84. The number of hydrogen-bond acceptors (Lipinski definition) is 8. The van der Waals surface area contributed by atoms with Gasteiger partial charge in [-0.25, -0.2) is 4.68 Å². The van der Waals surface area contributed by atoms with Crippen molar-refractivity contribution in [2.45, 2.75) is 20.3 Å². The normalized spacial score (nSPS) is 11.9. The molecule has 6 aromatic rings. The summed E-state index contributed by atoms with van der Waals surface area (Å²) in [5, 5.41) is 9.27. The summed E-state index contributed by atoms with van der Waals surface area (Å²) in [6, 6.07) is 24.9. The number of hydrogen-bond donors (Lipinski definition) is 0. The molecule has 0 aliphatic carbocycles. The number of rotatable bonds is 9. The molecule has 0 N–H and O–H groups in total. The number of methoxy groups -OCH3 is 1. The van der Waals surface area contributed by atoms with Crippen LogP contribution in [0, 0.1) is 5.92 Å². The van der Waals surface area contributed by atoms with Gasteiger partial charge < -0.3 is 9.47 Å². The molecule has 0 aliphatic heterocycles. The summed E-state index contributed by atoms with van der Waals surface area (Å²) in [7, 11) is 1.59. The second-order valence-electron chi connectivity index (χ2n) is 10.4. The Labute approximate surface area is 251 Å². The first-order valence-corrected chi connectivity index (χ1v) is 14.7. The molecule has 0 fully saturated rings. The molecular formula is C33H29N5O4S. The molecule has 0 spiro atoms. The van der Waals surface area contributed by atoms with E-state index in [0.717, 1.165) is 39.5 Å². The van der Waals surface area contributed by atoms with Gasteiger partial charge in [-0.2, -0.15) is 19.7 Å². The second-order valence-corrected chi connectivity index (χ2v) is 11.5. The molecule has 3 aromatic heterocycles. The van der Waals surface area contributed by atoms with Crippen molar-refractivity contribution in [2.75, 3.05) is 13.7 Å². The third kappa shape index (κ3) is 6.09. The zero-order chi connectivity index (χ0) is 29.9. The van der Waals surface area contributed by atoms with Crippen LogP contribution in [0.25, 0.3) is 28.0 Å². The molecule has 0 bridgehead atoms. The van der Waals surface area contributed by atoms with Crippen molar-refractivity contribution in [1.82, 2.24) is 24.4 Å². The summed E-state index contributed by atoms with van der Waals surface area (Å²) >= 11 is 1.12. The Balaban J connectivity index is 1.41. The molecule has 9 nitrogen and oxygen atoms in total. The SMILES string of the molecule is COc1ccc(Cc2nn3c(=O)c(=Cc4cn(-c5ccccc5)nc4-c4ccc(OCC(C)C)cc4)sc3nc2=O)cc1. The van der Waals surface area contributed by atoms with Crippen LogP contribution in [0.1, 0.15) is 30.7 Å². The van der Waals surface area contributed by atoms with E-state index in [2.05, 4.69) is 23.9 Å². The van der Waals surface area contributed by atoms with Gasteiger partial charge in [0.1, 0.15) is 22.9 Å². The van der Waals surface area contributed by atoms with E-state index < -0.39 is 5.56 Å².